The molecule has 2 aromatic carbocycles. The maximum atomic E-state index is 5.90. The van der Waals surface area contributed by atoms with Crippen molar-refractivity contribution in [3.63, 3.8) is 0 Å². The monoisotopic (exact) mass is 239 g/mol. The van der Waals surface area contributed by atoms with Gasteiger partial charge in [0.1, 0.15) is 5.75 Å². The van der Waals surface area contributed by atoms with Crippen LogP contribution in [0.4, 0.5) is 0 Å². The number of hydrogen-bond donors (Lipinski definition) is 0. The molecule has 0 spiro atoms. The molecule has 0 amide bonds. The van der Waals surface area contributed by atoms with E-state index in [2.05, 4.69) is 31.2 Å². The molecule has 18 heavy (non-hydrogen) atoms. The summed E-state index contributed by atoms with van der Waals surface area (Å²) in [4.78, 5) is 0. The van der Waals surface area contributed by atoms with Gasteiger partial charge in [0, 0.05) is 11.5 Å². The summed E-state index contributed by atoms with van der Waals surface area (Å²) in [6.45, 7) is 4.09. The molecule has 2 nitrogen and oxygen atoms in total. The zero-order valence-corrected chi connectivity index (χ0v) is 10.8. The Bertz CT molecular complexity index is 745. The third kappa shape index (κ3) is 1.53. The number of methoxy groups -OCH3 is 1. The first-order valence-electron chi connectivity index (χ1n) is 6.00. The molecule has 0 aliphatic rings. The largest absolute Gasteiger partial charge is 0.496 e. The van der Waals surface area contributed by atoms with Gasteiger partial charge in [0.05, 0.1) is 24.8 Å². The first kappa shape index (κ1) is 11.0. The lowest BCUT2D eigenvalue weighted by Crippen LogP contribution is -1.87. The quantitative estimate of drug-likeness (QED) is 0.460. The van der Waals surface area contributed by atoms with Crippen molar-refractivity contribution in [3.05, 3.63) is 47.7 Å². The zero-order chi connectivity index (χ0) is 12.7. The van der Waals surface area contributed by atoms with Crippen molar-refractivity contribution in [3.8, 4) is 5.75 Å². The standard InChI is InChI=1S/C16H15O2/c1-10-9-11(2)18-16-12(10)7-8-13-14(16)5-4-6-15(13)17-3/h4-9H,1-3H3/q+1. The molecular weight excluding hydrogens is 224 g/mol. The molecule has 0 unspecified atom stereocenters. The third-order valence-electron chi connectivity index (χ3n) is 3.30. The van der Waals surface area contributed by atoms with Gasteiger partial charge in [-0.1, -0.05) is 6.07 Å². The second kappa shape index (κ2) is 3.98. The van der Waals surface area contributed by atoms with Crippen molar-refractivity contribution in [2.75, 3.05) is 7.11 Å². The lowest BCUT2D eigenvalue weighted by Gasteiger charge is -2.04. The lowest BCUT2D eigenvalue weighted by atomic mass is 10.0. The fraction of sp³-hybridized carbons (Fsp3) is 0.188. The molecule has 3 aromatic rings. The van der Waals surface area contributed by atoms with E-state index >= 15 is 0 Å². The summed E-state index contributed by atoms with van der Waals surface area (Å²) in [7, 11) is 1.69. The van der Waals surface area contributed by atoms with Gasteiger partial charge in [0.15, 0.2) is 0 Å². The molecule has 0 bridgehead atoms. The van der Waals surface area contributed by atoms with Gasteiger partial charge in [0.25, 0.3) is 0 Å². The van der Waals surface area contributed by atoms with Crippen LogP contribution < -0.4 is 4.74 Å². The molecule has 0 aliphatic heterocycles. The molecule has 0 saturated carbocycles. The third-order valence-corrected chi connectivity index (χ3v) is 3.30. The van der Waals surface area contributed by atoms with E-state index in [4.69, 9.17) is 9.15 Å². The zero-order valence-electron chi connectivity index (χ0n) is 10.8. The van der Waals surface area contributed by atoms with Crippen molar-refractivity contribution in [1.29, 1.82) is 0 Å². The summed E-state index contributed by atoms with van der Waals surface area (Å²) in [6, 6.07) is 12.3. The van der Waals surface area contributed by atoms with Crippen molar-refractivity contribution in [1.82, 2.24) is 0 Å². The summed E-state index contributed by atoms with van der Waals surface area (Å²) in [5, 5.41) is 3.33. The van der Waals surface area contributed by atoms with Crippen LogP contribution in [0.1, 0.15) is 11.3 Å². The fourth-order valence-corrected chi connectivity index (χ4v) is 2.47. The predicted molar refractivity (Wildman–Crippen MR) is 74.2 cm³/mol. The Morgan fingerprint density at radius 1 is 0.944 bits per heavy atom. The second-order valence-corrected chi connectivity index (χ2v) is 4.54. The van der Waals surface area contributed by atoms with Crippen LogP contribution in [0, 0.1) is 13.8 Å². The number of ether oxygens (including phenoxy) is 1. The van der Waals surface area contributed by atoms with Crippen molar-refractivity contribution in [2.45, 2.75) is 13.8 Å². The van der Waals surface area contributed by atoms with Crippen molar-refractivity contribution in [2.24, 2.45) is 0 Å². The highest BCUT2D eigenvalue weighted by Crippen LogP contribution is 2.33. The van der Waals surface area contributed by atoms with Gasteiger partial charge in [-0.25, -0.2) is 4.42 Å². The van der Waals surface area contributed by atoms with Crippen molar-refractivity contribution < 1.29 is 9.15 Å². The molecule has 90 valence electrons. The Balaban J connectivity index is 2.53. The van der Waals surface area contributed by atoms with Crippen LogP contribution in [-0.2, 0) is 0 Å². The minimum Gasteiger partial charge on any atom is -0.496 e. The number of benzene rings is 2. The second-order valence-electron chi connectivity index (χ2n) is 4.54. The summed E-state index contributed by atoms with van der Waals surface area (Å²) in [5.74, 6) is 1.80. The Labute approximate surface area is 106 Å². The molecule has 0 radical (unpaired) electrons. The minimum absolute atomic E-state index is 0.878. The molecular formula is C16H15O2+. The van der Waals surface area contributed by atoms with E-state index in [9.17, 15) is 0 Å². The highest BCUT2D eigenvalue weighted by molar-refractivity contribution is 6.07. The van der Waals surface area contributed by atoms with Gasteiger partial charge in [-0.3, -0.25) is 0 Å². The molecule has 0 aliphatic carbocycles. The summed E-state index contributed by atoms with van der Waals surface area (Å²) in [6.07, 6.45) is 0. The number of hydrogen-bond acceptors (Lipinski definition) is 1. The SMILES string of the molecule is COc1cccc2c1ccc1c(C)cc(C)[o+]c12. The summed E-state index contributed by atoms with van der Waals surface area (Å²) < 4.78 is 11.3. The molecule has 0 N–H and O–H groups in total. The topological polar surface area (TPSA) is 20.5 Å². The van der Waals surface area contributed by atoms with E-state index in [-0.39, 0.29) is 0 Å². The van der Waals surface area contributed by atoms with Gasteiger partial charge in [-0.15, -0.1) is 0 Å². The fourth-order valence-electron chi connectivity index (χ4n) is 2.47. The Kier molecular flexibility index (Phi) is 2.44. The van der Waals surface area contributed by atoms with Gasteiger partial charge in [-0.05, 0) is 36.8 Å². The first-order chi connectivity index (χ1) is 8.70. The molecule has 1 aromatic heterocycles. The maximum Gasteiger partial charge on any atom is 0.368 e. The van der Waals surface area contributed by atoms with Crippen LogP contribution in [0.5, 0.6) is 5.75 Å². The molecule has 0 atom stereocenters. The molecule has 0 saturated heterocycles. The van der Waals surface area contributed by atoms with E-state index in [1.807, 2.05) is 19.1 Å². The average molecular weight is 239 g/mol. The van der Waals surface area contributed by atoms with Crippen LogP contribution in [0.2, 0.25) is 0 Å². The van der Waals surface area contributed by atoms with Crippen LogP contribution >= 0.6 is 0 Å². The van der Waals surface area contributed by atoms with Gasteiger partial charge in [-0.2, -0.15) is 0 Å². The Morgan fingerprint density at radius 3 is 2.50 bits per heavy atom. The average Bonchev–Trinajstić information content (AvgIpc) is 2.37. The van der Waals surface area contributed by atoms with Gasteiger partial charge >= 0.3 is 11.3 Å². The summed E-state index contributed by atoms with van der Waals surface area (Å²) in [5.41, 5.74) is 2.17. The van der Waals surface area contributed by atoms with Crippen LogP contribution in [-0.4, -0.2) is 7.11 Å². The van der Waals surface area contributed by atoms with Crippen LogP contribution in [0.15, 0.2) is 40.8 Å². The van der Waals surface area contributed by atoms with Crippen LogP contribution in [0.25, 0.3) is 21.7 Å². The molecule has 3 rings (SSSR count). The maximum absolute atomic E-state index is 5.90. The van der Waals surface area contributed by atoms with Crippen LogP contribution in [0.3, 0.4) is 0 Å². The highest BCUT2D eigenvalue weighted by atomic mass is 16.5. The molecule has 2 heteroatoms. The van der Waals surface area contributed by atoms with E-state index in [1.54, 1.807) is 7.11 Å². The van der Waals surface area contributed by atoms with Gasteiger partial charge in [0.2, 0.25) is 0 Å². The normalized spacial score (nSPS) is 11.1. The minimum atomic E-state index is 0.878. The predicted octanol–water partition coefficient (Wildman–Crippen LogP) is 4.49. The van der Waals surface area contributed by atoms with Gasteiger partial charge < -0.3 is 4.74 Å². The molecule has 0 fully saturated rings. The van der Waals surface area contributed by atoms with E-state index < -0.39 is 0 Å². The number of fused-ring (bicyclic) bond motifs is 3. The highest BCUT2D eigenvalue weighted by Gasteiger charge is 2.17. The van der Waals surface area contributed by atoms with E-state index in [0.29, 0.717) is 0 Å². The number of aryl methyl sites for hydroxylation is 2. The van der Waals surface area contributed by atoms with E-state index in [0.717, 1.165) is 33.3 Å². The molecule has 1 heterocycles. The van der Waals surface area contributed by atoms with Crippen molar-refractivity contribution >= 4 is 21.7 Å². The van der Waals surface area contributed by atoms with E-state index in [1.165, 1.54) is 5.56 Å². The number of rotatable bonds is 1. The Hall–Kier alpha value is -2.09. The lowest BCUT2D eigenvalue weighted by molar-refractivity contribution is 0.420. The Morgan fingerprint density at radius 2 is 1.72 bits per heavy atom. The summed E-state index contributed by atoms with van der Waals surface area (Å²) >= 11 is 0. The first-order valence-corrected chi connectivity index (χ1v) is 6.00. The smallest absolute Gasteiger partial charge is 0.368 e.